The van der Waals surface area contributed by atoms with Gasteiger partial charge >= 0.3 is 0 Å². The maximum Gasteiger partial charge on any atom is 0.0721 e. The Labute approximate surface area is 135 Å². The van der Waals surface area contributed by atoms with Gasteiger partial charge in [0.2, 0.25) is 0 Å². The molecule has 120 valence electrons. The monoisotopic (exact) mass is 298 g/mol. The second-order valence-electron chi connectivity index (χ2n) is 8.81. The quantitative estimate of drug-likeness (QED) is 0.721. The predicted molar refractivity (Wildman–Crippen MR) is 90.5 cm³/mol. The number of ether oxygens (including phenoxy) is 1. The van der Waals surface area contributed by atoms with Crippen molar-refractivity contribution in [1.82, 2.24) is 0 Å². The molecular formula is C21H30O. The molecule has 3 aliphatic rings. The molecule has 0 aliphatic heterocycles. The first-order valence-corrected chi connectivity index (χ1v) is 9.19. The van der Waals surface area contributed by atoms with Crippen LogP contribution in [-0.2, 0) is 11.3 Å². The minimum Gasteiger partial charge on any atom is -0.373 e. The summed E-state index contributed by atoms with van der Waals surface area (Å²) in [5.41, 5.74) is 2.30. The average molecular weight is 298 g/mol. The van der Waals surface area contributed by atoms with E-state index >= 15 is 0 Å². The van der Waals surface area contributed by atoms with E-state index in [2.05, 4.69) is 51.1 Å². The van der Waals surface area contributed by atoms with Crippen molar-refractivity contribution in [2.45, 2.75) is 65.6 Å². The molecule has 1 aromatic rings. The van der Waals surface area contributed by atoms with Gasteiger partial charge in [0, 0.05) is 0 Å². The molecule has 3 fully saturated rings. The number of hydrogen-bond acceptors (Lipinski definition) is 1. The summed E-state index contributed by atoms with van der Waals surface area (Å²) in [6.07, 6.45) is 7.58. The molecule has 1 spiro atoms. The fraction of sp³-hybridized carbons (Fsp3) is 0.714. The van der Waals surface area contributed by atoms with E-state index in [0.29, 0.717) is 16.9 Å². The van der Waals surface area contributed by atoms with Crippen LogP contribution in [0.4, 0.5) is 0 Å². The van der Waals surface area contributed by atoms with Crippen molar-refractivity contribution in [3.05, 3.63) is 35.9 Å². The van der Waals surface area contributed by atoms with Crippen LogP contribution in [0.3, 0.4) is 0 Å². The van der Waals surface area contributed by atoms with E-state index in [0.717, 1.165) is 24.4 Å². The minimum absolute atomic E-state index is 0.332. The van der Waals surface area contributed by atoms with E-state index in [1.54, 1.807) is 0 Å². The Balaban J connectivity index is 1.56. The summed E-state index contributed by atoms with van der Waals surface area (Å²) < 4.78 is 6.55. The van der Waals surface area contributed by atoms with E-state index in [-0.39, 0.29) is 0 Å². The van der Waals surface area contributed by atoms with Crippen LogP contribution in [0.25, 0.3) is 0 Å². The van der Waals surface area contributed by atoms with E-state index in [9.17, 15) is 0 Å². The van der Waals surface area contributed by atoms with E-state index in [4.69, 9.17) is 4.74 Å². The summed E-state index contributed by atoms with van der Waals surface area (Å²) in [6, 6.07) is 10.7. The second-order valence-corrected chi connectivity index (χ2v) is 8.81. The van der Waals surface area contributed by atoms with Crippen LogP contribution in [0.5, 0.6) is 0 Å². The molecule has 22 heavy (non-hydrogen) atoms. The Morgan fingerprint density at radius 1 is 1.09 bits per heavy atom. The topological polar surface area (TPSA) is 9.23 Å². The largest absolute Gasteiger partial charge is 0.373 e. The van der Waals surface area contributed by atoms with Crippen LogP contribution in [0.2, 0.25) is 0 Å². The van der Waals surface area contributed by atoms with Crippen molar-refractivity contribution in [3.63, 3.8) is 0 Å². The summed E-state index contributed by atoms with van der Waals surface area (Å²) in [6.45, 7) is 8.29. The third kappa shape index (κ3) is 2.01. The highest BCUT2D eigenvalue weighted by Gasteiger charge is 2.64. The minimum atomic E-state index is 0.332. The Bertz CT molecular complexity index is 534. The van der Waals surface area contributed by atoms with Crippen LogP contribution in [-0.4, -0.2) is 6.10 Å². The van der Waals surface area contributed by atoms with Gasteiger partial charge in [-0.05, 0) is 66.3 Å². The van der Waals surface area contributed by atoms with Crippen LogP contribution in [0, 0.1) is 28.6 Å². The van der Waals surface area contributed by atoms with Gasteiger partial charge in [0.25, 0.3) is 0 Å². The third-order valence-corrected chi connectivity index (χ3v) is 7.52. The summed E-state index contributed by atoms with van der Waals surface area (Å²) in [5.74, 6) is 2.59. The van der Waals surface area contributed by atoms with E-state index in [1.807, 2.05) is 0 Å². The molecule has 0 N–H and O–H groups in total. The first-order valence-electron chi connectivity index (χ1n) is 9.19. The summed E-state index contributed by atoms with van der Waals surface area (Å²) in [5, 5.41) is 0. The lowest BCUT2D eigenvalue weighted by atomic mass is 9.55. The van der Waals surface area contributed by atoms with Crippen molar-refractivity contribution in [3.8, 4) is 0 Å². The first-order chi connectivity index (χ1) is 10.5. The molecule has 0 unspecified atom stereocenters. The standard InChI is InChI=1S/C21H30O/c1-15-9-10-18-20(2,3)19(17-11-12-21(15,18)13-17)22-14-16-7-5-4-6-8-16/h4-8,15,17-19H,9-14H2,1-3H3/t15-,17+,18+,19+,21-/m1/s1. The molecule has 3 saturated carbocycles. The third-order valence-electron chi connectivity index (χ3n) is 7.52. The SMILES string of the molecule is C[C@@H]1CC[C@H]2C(C)(C)[C@@H](OCc3ccccc3)[C@H]3CC[C@@]12C3. The van der Waals surface area contributed by atoms with Gasteiger partial charge in [-0.2, -0.15) is 0 Å². The van der Waals surface area contributed by atoms with Gasteiger partial charge in [0.1, 0.15) is 0 Å². The second kappa shape index (κ2) is 5.09. The molecular weight excluding hydrogens is 268 g/mol. The lowest BCUT2D eigenvalue weighted by Crippen LogP contribution is -2.51. The highest BCUT2D eigenvalue weighted by molar-refractivity contribution is 5.15. The highest BCUT2D eigenvalue weighted by atomic mass is 16.5. The van der Waals surface area contributed by atoms with Crippen LogP contribution < -0.4 is 0 Å². The Morgan fingerprint density at radius 2 is 1.86 bits per heavy atom. The Morgan fingerprint density at radius 3 is 2.64 bits per heavy atom. The summed E-state index contributed by atoms with van der Waals surface area (Å²) in [4.78, 5) is 0. The van der Waals surface area contributed by atoms with Crippen molar-refractivity contribution in [2.75, 3.05) is 0 Å². The maximum absolute atomic E-state index is 6.55. The van der Waals surface area contributed by atoms with Gasteiger partial charge in [-0.25, -0.2) is 0 Å². The zero-order chi connectivity index (χ0) is 15.4. The predicted octanol–water partition coefficient (Wildman–Crippen LogP) is 5.44. The number of fused-ring (bicyclic) bond motifs is 1. The van der Waals surface area contributed by atoms with Crippen molar-refractivity contribution in [2.24, 2.45) is 28.6 Å². The summed E-state index contributed by atoms with van der Waals surface area (Å²) in [7, 11) is 0. The molecule has 0 saturated heterocycles. The van der Waals surface area contributed by atoms with Gasteiger partial charge in [0.15, 0.2) is 0 Å². The lowest BCUT2D eigenvalue weighted by molar-refractivity contribution is -0.140. The normalized spacial score (nSPS) is 42.3. The van der Waals surface area contributed by atoms with Crippen molar-refractivity contribution in [1.29, 1.82) is 0 Å². The molecule has 0 radical (unpaired) electrons. The van der Waals surface area contributed by atoms with Crippen LogP contribution in [0.1, 0.15) is 58.4 Å². The zero-order valence-electron chi connectivity index (χ0n) is 14.3. The summed E-state index contributed by atoms with van der Waals surface area (Å²) >= 11 is 0. The van der Waals surface area contributed by atoms with Gasteiger partial charge in [-0.1, -0.05) is 51.1 Å². The van der Waals surface area contributed by atoms with Crippen LogP contribution in [0.15, 0.2) is 30.3 Å². The molecule has 1 heteroatoms. The molecule has 0 aromatic heterocycles. The van der Waals surface area contributed by atoms with Gasteiger partial charge in [-0.15, -0.1) is 0 Å². The van der Waals surface area contributed by atoms with Gasteiger partial charge in [-0.3, -0.25) is 0 Å². The number of benzene rings is 1. The molecule has 3 aliphatic carbocycles. The molecule has 2 bridgehead atoms. The highest BCUT2D eigenvalue weighted by Crippen LogP contribution is 2.69. The Hall–Kier alpha value is -0.820. The fourth-order valence-electron chi connectivity index (χ4n) is 6.53. The first kappa shape index (κ1) is 14.8. The zero-order valence-corrected chi connectivity index (χ0v) is 14.3. The average Bonchev–Trinajstić information content (AvgIpc) is 3.05. The van der Waals surface area contributed by atoms with Crippen molar-refractivity contribution >= 4 is 0 Å². The molecule has 1 aromatic carbocycles. The Kier molecular flexibility index (Phi) is 3.41. The smallest absolute Gasteiger partial charge is 0.0721 e. The van der Waals surface area contributed by atoms with Gasteiger partial charge in [0.05, 0.1) is 12.7 Å². The van der Waals surface area contributed by atoms with Crippen LogP contribution >= 0.6 is 0 Å². The number of hydrogen-bond donors (Lipinski definition) is 0. The molecule has 1 nitrogen and oxygen atoms in total. The molecule has 0 heterocycles. The molecule has 5 atom stereocenters. The number of rotatable bonds is 3. The van der Waals surface area contributed by atoms with Crippen molar-refractivity contribution < 1.29 is 4.74 Å². The fourth-order valence-corrected chi connectivity index (χ4v) is 6.53. The van der Waals surface area contributed by atoms with Gasteiger partial charge < -0.3 is 4.74 Å². The molecule has 0 amide bonds. The molecule has 4 rings (SSSR count). The van der Waals surface area contributed by atoms with E-state index in [1.165, 1.54) is 37.7 Å². The van der Waals surface area contributed by atoms with E-state index < -0.39 is 0 Å². The maximum atomic E-state index is 6.55. The lowest BCUT2D eigenvalue weighted by Gasteiger charge is -2.53.